The van der Waals surface area contributed by atoms with Crippen molar-refractivity contribution in [1.82, 2.24) is 9.88 Å². The molecular weight excluding hydrogens is 180 g/mol. The van der Waals surface area contributed by atoms with Crippen LogP contribution in [0.2, 0.25) is 0 Å². The van der Waals surface area contributed by atoms with Gasteiger partial charge >= 0.3 is 0 Å². The van der Waals surface area contributed by atoms with E-state index in [0.717, 1.165) is 5.69 Å². The minimum absolute atomic E-state index is 0.00687. The molecule has 1 amide bonds. The van der Waals surface area contributed by atoms with E-state index in [2.05, 4.69) is 10.3 Å². The van der Waals surface area contributed by atoms with Gasteiger partial charge in [0.25, 0.3) is 0 Å². The highest BCUT2D eigenvalue weighted by Crippen LogP contribution is 2.08. The van der Waals surface area contributed by atoms with Crippen LogP contribution in [0.4, 0.5) is 11.4 Å². The lowest BCUT2D eigenvalue weighted by Crippen LogP contribution is -2.28. The number of aromatic nitrogens is 1. The molecule has 0 saturated carbocycles. The molecule has 0 aliphatic rings. The average Bonchev–Trinajstić information content (AvgIpc) is 2.14. The van der Waals surface area contributed by atoms with E-state index >= 15 is 0 Å². The summed E-state index contributed by atoms with van der Waals surface area (Å²) in [5.41, 5.74) is 6.85. The summed E-state index contributed by atoms with van der Waals surface area (Å²) in [7, 11) is 3.42. The minimum atomic E-state index is 0.00687. The first-order valence-corrected chi connectivity index (χ1v) is 4.24. The van der Waals surface area contributed by atoms with Gasteiger partial charge in [0.1, 0.15) is 0 Å². The molecule has 0 aliphatic carbocycles. The highest BCUT2D eigenvalue weighted by atomic mass is 16.2. The number of carbonyl (C=O) groups excluding carboxylic acids is 1. The second-order valence-corrected chi connectivity index (χ2v) is 3.15. The van der Waals surface area contributed by atoms with Crippen LogP contribution in [0, 0.1) is 0 Å². The van der Waals surface area contributed by atoms with Crippen molar-refractivity contribution in [2.45, 2.75) is 0 Å². The molecule has 0 spiro atoms. The summed E-state index contributed by atoms with van der Waals surface area (Å²) in [5, 5.41) is 2.93. The molecule has 0 saturated heterocycles. The fourth-order valence-corrected chi connectivity index (χ4v) is 0.890. The Kier molecular flexibility index (Phi) is 3.28. The predicted octanol–water partition coefficient (Wildman–Crippen LogP) is 0.164. The van der Waals surface area contributed by atoms with E-state index in [9.17, 15) is 4.79 Å². The van der Waals surface area contributed by atoms with Gasteiger partial charge in [-0.3, -0.25) is 9.78 Å². The molecule has 1 rings (SSSR count). The molecule has 5 heteroatoms. The third-order valence-corrected chi connectivity index (χ3v) is 1.70. The molecule has 1 heterocycles. The molecule has 14 heavy (non-hydrogen) atoms. The maximum absolute atomic E-state index is 11.2. The number of hydrogen-bond acceptors (Lipinski definition) is 4. The first kappa shape index (κ1) is 10.3. The van der Waals surface area contributed by atoms with Crippen LogP contribution in [0.1, 0.15) is 0 Å². The predicted molar refractivity (Wildman–Crippen MR) is 55.8 cm³/mol. The summed E-state index contributed by atoms with van der Waals surface area (Å²) in [6.07, 6.45) is 3.18. The summed E-state index contributed by atoms with van der Waals surface area (Å²) in [5.74, 6) is 0.00687. The van der Waals surface area contributed by atoms with Crippen LogP contribution in [-0.4, -0.2) is 36.4 Å². The number of rotatable bonds is 3. The smallest absolute Gasteiger partial charge is 0.241 e. The molecule has 3 N–H and O–H groups in total. The van der Waals surface area contributed by atoms with Gasteiger partial charge in [0, 0.05) is 20.3 Å². The highest BCUT2D eigenvalue weighted by molar-refractivity contribution is 5.80. The van der Waals surface area contributed by atoms with Gasteiger partial charge in [-0.25, -0.2) is 0 Å². The van der Waals surface area contributed by atoms with Gasteiger partial charge in [-0.15, -0.1) is 0 Å². The molecule has 0 aliphatic heterocycles. The van der Waals surface area contributed by atoms with Crippen molar-refractivity contribution in [2.75, 3.05) is 31.7 Å². The summed E-state index contributed by atoms with van der Waals surface area (Å²) >= 11 is 0. The van der Waals surface area contributed by atoms with E-state index < -0.39 is 0 Å². The largest absolute Gasteiger partial charge is 0.397 e. The lowest BCUT2D eigenvalue weighted by atomic mass is 10.3. The second-order valence-electron chi connectivity index (χ2n) is 3.15. The molecule has 0 unspecified atom stereocenters. The summed E-state index contributed by atoms with van der Waals surface area (Å²) in [4.78, 5) is 16.6. The monoisotopic (exact) mass is 194 g/mol. The zero-order valence-electron chi connectivity index (χ0n) is 8.32. The lowest BCUT2D eigenvalue weighted by molar-refractivity contribution is -0.126. The average molecular weight is 194 g/mol. The van der Waals surface area contributed by atoms with Gasteiger partial charge < -0.3 is 16.0 Å². The van der Waals surface area contributed by atoms with Crippen LogP contribution in [0.15, 0.2) is 18.5 Å². The van der Waals surface area contributed by atoms with Gasteiger partial charge in [-0.2, -0.15) is 0 Å². The summed E-state index contributed by atoms with van der Waals surface area (Å²) in [6, 6.07) is 1.73. The quantitative estimate of drug-likeness (QED) is 0.719. The highest BCUT2D eigenvalue weighted by Gasteiger charge is 2.02. The van der Waals surface area contributed by atoms with E-state index in [4.69, 9.17) is 5.73 Å². The topological polar surface area (TPSA) is 71.2 Å². The number of amides is 1. The normalized spacial score (nSPS) is 9.57. The van der Waals surface area contributed by atoms with E-state index in [0.29, 0.717) is 5.69 Å². The van der Waals surface area contributed by atoms with E-state index in [-0.39, 0.29) is 12.5 Å². The van der Waals surface area contributed by atoms with Crippen molar-refractivity contribution in [3.05, 3.63) is 18.5 Å². The number of nitrogens with two attached hydrogens (primary N) is 1. The number of nitrogens with one attached hydrogen (secondary N) is 1. The maximum atomic E-state index is 11.2. The molecule has 0 radical (unpaired) electrons. The molecule has 1 aromatic rings. The Bertz CT molecular complexity index is 324. The van der Waals surface area contributed by atoms with Crippen LogP contribution in [-0.2, 0) is 4.79 Å². The number of pyridine rings is 1. The van der Waals surface area contributed by atoms with Crippen molar-refractivity contribution in [1.29, 1.82) is 0 Å². The van der Waals surface area contributed by atoms with E-state index in [1.165, 1.54) is 4.90 Å². The van der Waals surface area contributed by atoms with Crippen LogP contribution < -0.4 is 11.1 Å². The molecular formula is C9H14N4O. The van der Waals surface area contributed by atoms with Crippen molar-refractivity contribution in [3.63, 3.8) is 0 Å². The Morgan fingerprint density at radius 1 is 1.57 bits per heavy atom. The first-order valence-electron chi connectivity index (χ1n) is 4.24. The number of anilines is 2. The molecule has 5 nitrogen and oxygen atoms in total. The second kappa shape index (κ2) is 4.45. The van der Waals surface area contributed by atoms with Crippen molar-refractivity contribution >= 4 is 17.3 Å². The molecule has 0 atom stereocenters. The maximum Gasteiger partial charge on any atom is 0.241 e. The fourth-order valence-electron chi connectivity index (χ4n) is 0.890. The van der Waals surface area contributed by atoms with Gasteiger partial charge in [0.15, 0.2) is 0 Å². The Hall–Kier alpha value is -1.78. The van der Waals surface area contributed by atoms with Gasteiger partial charge in [0.2, 0.25) is 5.91 Å². The van der Waals surface area contributed by atoms with Crippen LogP contribution >= 0.6 is 0 Å². The lowest BCUT2D eigenvalue weighted by Gasteiger charge is -2.11. The van der Waals surface area contributed by atoms with Crippen molar-refractivity contribution < 1.29 is 4.79 Å². The van der Waals surface area contributed by atoms with Gasteiger partial charge in [0.05, 0.1) is 24.1 Å². The minimum Gasteiger partial charge on any atom is -0.397 e. The zero-order valence-corrected chi connectivity index (χ0v) is 8.32. The number of carbonyl (C=O) groups is 1. The van der Waals surface area contributed by atoms with Crippen LogP contribution in [0.5, 0.6) is 0 Å². The Labute approximate surface area is 82.9 Å². The van der Waals surface area contributed by atoms with E-state index in [1.807, 2.05) is 0 Å². The Balaban J connectivity index is 2.50. The van der Waals surface area contributed by atoms with Crippen LogP contribution in [0.25, 0.3) is 0 Å². The zero-order chi connectivity index (χ0) is 10.6. The summed E-state index contributed by atoms with van der Waals surface area (Å²) < 4.78 is 0. The Morgan fingerprint density at radius 3 is 2.86 bits per heavy atom. The van der Waals surface area contributed by atoms with Crippen LogP contribution in [0.3, 0.4) is 0 Å². The molecule has 76 valence electrons. The number of hydrogen-bond donors (Lipinski definition) is 2. The third kappa shape index (κ3) is 2.93. The molecule has 0 fully saturated rings. The standard InChI is InChI=1S/C9H14N4O/c1-13(2)9(14)6-12-8-3-7(10)4-11-5-8/h3-5,12H,6,10H2,1-2H3. The number of nitrogens with zero attached hydrogens (tertiary/aromatic N) is 2. The third-order valence-electron chi connectivity index (χ3n) is 1.70. The van der Waals surface area contributed by atoms with E-state index in [1.54, 1.807) is 32.6 Å². The molecule has 0 bridgehead atoms. The number of nitrogen functional groups attached to an aromatic ring is 1. The van der Waals surface area contributed by atoms with Crippen molar-refractivity contribution in [2.24, 2.45) is 0 Å². The molecule has 0 aromatic carbocycles. The first-order chi connectivity index (χ1) is 6.59. The Morgan fingerprint density at radius 2 is 2.29 bits per heavy atom. The fraction of sp³-hybridized carbons (Fsp3) is 0.333. The van der Waals surface area contributed by atoms with Gasteiger partial charge in [-0.05, 0) is 6.07 Å². The summed E-state index contributed by atoms with van der Waals surface area (Å²) in [6.45, 7) is 0.248. The van der Waals surface area contributed by atoms with Crippen molar-refractivity contribution in [3.8, 4) is 0 Å². The number of likely N-dealkylation sites (N-methyl/N-ethyl adjacent to an activating group) is 1. The molecule has 1 aromatic heterocycles. The van der Waals surface area contributed by atoms with Gasteiger partial charge in [-0.1, -0.05) is 0 Å². The SMILES string of the molecule is CN(C)C(=O)CNc1cncc(N)c1.